The molecule has 172 valence electrons. The van der Waals surface area contributed by atoms with Crippen LogP contribution in [0.2, 0.25) is 0 Å². The number of aromatic nitrogens is 2. The van der Waals surface area contributed by atoms with E-state index in [-0.39, 0.29) is 17.3 Å². The third-order valence-electron chi connectivity index (χ3n) is 7.11. The van der Waals surface area contributed by atoms with Crippen molar-refractivity contribution < 1.29 is 9.53 Å². The molecule has 0 saturated carbocycles. The van der Waals surface area contributed by atoms with Crippen LogP contribution in [0.15, 0.2) is 30.5 Å². The van der Waals surface area contributed by atoms with Crippen LogP contribution >= 0.6 is 0 Å². The van der Waals surface area contributed by atoms with Gasteiger partial charge in [0.15, 0.2) is 5.82 Å². The average Bonchev–Trinajstić information content (AvgIpc) is 3.21. The lowest BCUT2D eigenvalue weighted by molar-refractivity contribution is -0.0105. The van der Waals surface area contributed by atoms with Gasteiger partial charge in [0.1, 0.15) is 5.82 Å². The number of nitrogens with two attached hydrogens (primary N) is 1. The molecule has 1 amide bonds. The lowest BCUT2D eigenvalue weighted by Gasteiger charge is -2.43. The summed E-state index contributed by atoms with van der Waals surface area (Å²) in [6, 6.07) is 6.46. The number of hydrogen-bond acceptors (Lipinski definition) is 5. The molecule has 1 aliphatic carbocycles. The zero-order valence-electron chi connectivity index (χ0n) is 19.6. The number of amides is 1. The highest BCUT2D eigenvalue weighted by molar-refractivity contribution is 6.03. The Morgan fingerprint density at radius 1 is 1.22 bits per heavy atom. The summed E-state index contributed by atoms with van der Waals surface area (Å²) in [4.78, 5) is 22.0. The van der Waals surface area contributed by atoms with E-state index in [9.17, 15) is 4.79 Å². The molecule has 4 N–H and O–H groups in total. The van der Waals surface area contributed by atoms with Gasteiger partial charge in [-0.25, -0.2) is 4.98 Å². The zero-order valence-corrected chi connectivity index (χ0v) is 19.6. The summed E-state index contributed by atoms with van der Waals surface area (Å²) in [6.45, 7) is 6.12. The summed E-state index contributed by atoms with van der Waals surface area (Å²) < 4.78 is 5.68. The highest BCUT2D eigenvalue weighted by atomic mass is 16.5. The van der Waals surface area contributed by atoms with E-state index in [2.05, 4.69) is 66.3 Å². The number of allylic oxidation sites excluding steroid dienone is 2. The molecule has 0 bridgehead atoms. The minimum atomic E-state index is -0.291. The predicted octanol–water partition coefficient (Wildman–Crippen LogP) is 4.41. The van der Waals surface area contributed by atoms with Crippen LogP contribution in [-0.4, -0.2) is 48.1 Å². The molecule has 7 heteroatoms. The SMILES string of the molecule is CN(C)C1(c2ccc(NC(=O)c3ncc(N)[nH]3)c(C3=CCC(C)(C)CC3)c2)CCOCC1. The number of nitrogen functional groups attached to an aromatic ring is 1. The van der Waals surface area contributed by atoms with Crippen molar-refractivity contribution in [2.45, 2.75) is 51.5 Å². The smallest absolute Gasteiger partial charge is 0.291 e. The Bertz CT molecular complexity index is 1020. The summed E-state index contributed by atoms with van der Waals surface area (Å²) >= 11 is 0. The fourth-order valence-electron chi connectivity index (χ4n) is 4.87. The number of benzene rings is 1. The molecule has 0 unspecified atom stereocenters. The minimum absolute atomic E-state index is 0.0699. The maximum atomic E-state index is 12.8. The molecule has 4 rings (SSSR count). The molecule has 2 heterocycles. The largest absolute Gasteiger partial charge is 0.384 e. The first kappa shape index (κ1) is 22.6. The van der Waals surface area contributed by atoms with Crippen LogP contribution in [0.1, 0.15) is 67.7 Å². The molecule has 1 saturated heterocycles. The normalized spacial score (nSPS) is 20.1. The van der Waals surface area contributed by atoms with Crippen LogP contribution in [0, 0.1) is 5.41 Å². The minimum Gasteiger partial charge on any atom is -0.384 e. The second-order valence-corrected chi connectivity index (χ2v) is 10.0. The first-order valence-electron chi connectivity index (χ1n) is 11.4. The second-order valence-electron chi connectivity index (χ2n) is 10.0. The van der Waals surface area contributed by atoms with Gasteiger partial charge in [-0.05, 0) is 74.9 Å². The summed E-state index contributed by atoms with van der Waals surface area (Å²) in [5.74, 6) is 0.293. The number of hydrogen-bond donors (Lipinski definition) is 3. The molecule has 7 nitrogen and oxygen atoms in total. The van der Waals surface area contributed by atoms with Crippen molar-refractivity contribution in [3.63, 3.8) is 0 Å². The van der Waals surface area contributed by atoms with Crippen molar-refractivity contribution in [1.82, 2.24) is 14.9 Å². The van der Waals surface area contributed by atoms with E-state index in [0.29, 0.717) is 11.2 Å². The Labute approximate surface area is 190 Å². The number of nitrogens with one attached hydrogen (secondary N) is 2. The number of carbonyl (C=O) groups is 1. The quantitative estimate of drug-likeness (QED) is 0.644. The molecule has 1 aromatic heterocycles. The van der Waals surface area contributed by atoms with Gasteiger partial charge in [0.2, 0.25) is 0 Å². The fourth-order valence-corrected chi connectivity index (χ4v) is 4.87. The summed E-state index contributed by atoms with van der Waals surface area (Å²) in [7, 11) is 4.29. The standard InChI is InChI=1S/C25H35N5O2/c1-24(2)9-7-17(8-10-24)19-15-18(25(30(3)4)11-13-32-14-12-25)5-6-20(19)28-23(31)22-27-16-21(26)29-22/h5-7,15-16H,8-14,26H2,1-4H3,(H,27,29)(H,28,31). The van der Waals surface area contributed by atoms with Gasteiger partial charge in [-0.1, -0.05) is 26.0 Å². The first-order valence-corrected chi connectivity index (χ1v) is 11.4. The van der Waals surface area contributed by atoms with Gasteiger partial charge in [0.25, 0.3) is 5.91 Å². The summed E-state index contributed by atoms with van der Waals surface area (Å²) in [5.41, 5.74) is 10.4. The second kappa shape index (κ2) is 8.71. The van der Waals surface area contributed by atoms with Gasteiger partial charge in [-0.3, -0.25) is 9.69 Å². The van der Waals surface area contributed by atoms with E-state index in [4.69, 9.17) is 10.5 Å². The summed E-state index contributed by atoms with van der Waals surface area (Å²) in [6.07, 6.45) is 8.84. The van der Waals surface area contributed by atoms with Gasteiger partial charge >= 0.3 is 0 Å². The van der Waals surface area contributed by atoms with Crippen LogP contribution in [0.4, 0.5) is 11.5 Å². The fraction of sp³-hybridized carbons (Fsp3) is 0.520. The van der Waals surface area contributed by atoms with E-state index in [1.165, 1.54) is 17.3 Å². The predicted molar refractivity (Wildman–Crippen MR) is 128 cm³/mol. The van der Waals surface area contributed by atoms with Crippen molar-refractivity contribution in [2.75, 3.05) is 38.4 Å². The lowest BCUT2D eigenvalue weighted by Crippen LogP contribution is -2.45. The topological polar surface area (TPSA) is 96.3 Å². The molecule has 2 aliphatic rings. The monoisotopic (exact) mass is 437 g/mol. The maximum absolute atomic E-state index is 12.8. The van der Waals surface area contributed by atoms with Crippen LogP contribution < -0.4 is 11.1 Å². The number of aromatic amines is 1. The van der Waals surface area contributed by atoms with Crippen molar-refractivity contribution in [3.8, 4) is 0 Å². The van der Waals surface area contributed by atoms with E-state index < -0.39 is 0 Å². The third-order valence-corrected chi connectivity index (χ3v) is 7.11. The molecule has 0 spiro atoms. The molecule has 0 atom stereocenters. The number of nitrogens with zero attached hydrogens (tertiary/aromatic N) is 2. The Morgan fingerprint density at radius 3 is 2.56 bits per heavy atom. The molecule has 32 heavy (non-hydrogen) atoms. The Hall–Kier alpha value is -2.64. The van der Waals surface area contributed by atoms with Crippen molar-refractivity contribution in [3.05, 3.63) is 47.4 Å². The van der Waals surface area contributed by atoms with E-state index in [1.54, 1.807) is 0 Å². The van der Waals surface area contributed by atoms with Crippen molar-refractivity contribution >= 4 is 23.0 Å². The molecule has 1 fully saturated rings. The maximum Gasteiger partial charge on any atom is 0.291 e. The van der Waals surface area contributed by atoms with E-state index >= 15 is 0 Å². The van der Waals surface area contributed by atoms with Crippen molar-refractivity contribution in [1.29, 1.82) is 0 Å². The van der Waals surface area contributed by atoms with Gasteiger partial charge in [-0.2, -0.15) is 0 Å². The van der Waals surface area contributed by atoms with Gasteiger partial charge in [0.05, 0.1) is 6.20 Å². The average molecular weight is 438 g/mol. The van der Waals surface area contributed by atoms with Crippen molar-refractivity contribution in [2.24, 2.45) is 5.41 Å². The lowest BCUT2D eigenvalue weighted by atomic mass is 9.75. The van der Waals surface area contributed by atoms with Crippen LogP contribution in [0.25, 0.3) is 5.57 Å². The van der Waals surface area contributed by atoms with E-state index in [1.807, 2.05) is 6.07 Å². The molecular weight excluding hydrogens is 402 g/mol. The first-order chi connectivity index (χ1) is 15.2. The van der Waals surface area contributed by atoms with Gasteiger partial charge in [-0.15, -0.1) is 0 Å². The van der Waals surface area contributed by atoms with E-state index in [0.717, 1.165) is 56.6 Å². The molecule has 1 aromatic carbocycles. The summed E-state index contributed by atoms with van der Waals surface area (Å²) in [5, 5.41) is 3.06. The third kappa shape index (κ3) is 4.45. The zero-order chi connectivity index (χ0) is 22.9. The molecule has 0 radical (unpaired) electrons. The number of H-pyrrole nitrogens is 1. The number of ether oxygens (including phenoxy) is 1. The van der Waals surface area contributed by atoms with Crippen LogP contribution in [-0.2, 0) is 10.3 Å². The highest BCUT2D eigenvalue weighted by Gasteiger charge is 2.37. The Balaban J connectivity index is 1.74. The Kier molecular flexibility index (Phi) is 6.14. The van der Waals surface area contributed by atoms with Gasteiger partial charge < -0.3 is 20.8 Å². The molecule has 2 aromatic rings. The molecular formula is C25H35N5O2. The number of imidazole rings is 1. The Morgan fingerprint density at radius 2 is 1.97 bits per heavy atom. The van der Waals surface area contributed by atoms with Crippen LogP contribution in [0.5, 0.6) is 0 Å². The molecule has 1 aliphatic heterocycles. The van der Waals surface area contributed by atoms with Crippen LogP contribution in [0.3, 0.4) is 0 Å². The number of carbonyl (C=O) groups excluding carboxylic acids is 1. The van der Waals surface area contributed by atoms with Gasteiger partial charge in [0, 0.05) is 30.0 Å². The number of anilines is 2. The number of rotatable bonds is 5. The highest BCUT2D eigenvalue weighted by Crippen LogP contribution is 2.43.